The fourth-order valence-corrected chi connectivity index (χ4v) is 11.4. The van der Waals surface area contributed by atoms with E-state index in [2.05, 4.69) is 43.5 Å². The van der Waals surface area contributed by atoms with Gasteiger partial charge in [0.1, 0.15) is 36.6 Å². The first kappa shape index (κ1) is 76.6. The number of hydrogen-bond donors (Lipinski definition) is 8. The molecule has 0 radical (unpaired) electrons. The average molecular weight is 1140 g/mol. The van der Waals surface area contributed by atoms with Crippen LogP contribution in [0, 0.1) is 0 Å². The summed E-state index contributed by atoms with van der Waals surface area (Å²) in [4.78, 5) is 13.2. The topological polar surface area (TPSA) is 189 Å². The van der Waals surface area contributed by atoms with Gasteiger partial charge in [-0.1, -0.05) is 301 Å². The van der Waals surface area contributed by atoms with Crippen molar-refractivity contribution < 1.29 is 50.0 Å². The highest BCUT2D eigenvalue weighted by atomic mass is 16.7. The molecule has 0 aromatic carbocycles. The van der Waals surface area contributed by atoms with Gasteiger partial charge in [-0.15, -0.1) is 0 Å². The van der Waals surface area contributed by atoms with Crippen LogP contribution < -0.4 is 5.32 Å². The van der Waals surface area contributed by atoms with Gasteiger partial charge in [-0.05, 0) is 64.2 Å². The van der Waals surface area contributed by atoms with Crippen LogP contribution in [-0.2, 0) is 14.3 Å². The Kier molecular flexibility index (Phi) is 55.5. The third-order valence-electron chi connectivity index (χ3n) is 17.0. The smallest absolute Gasteiger partial charge is 0.249 e. The van der Waals surface area contributed by atoms with Crippen LogP contribution in [0.3, 0.4) is 0 Å². The Morgan fingerprint density at radius 2 is 0.738 bits per heavy atom. The average Bonchev–Trinajstić information content (AvgIpc) is 3.48. The van der Waals surface area contributed by atoms with Crippen LogP contribution in [0.25, 0.3) is 0 Å². The van der Waals surface area contributed by atoms with Gasteiger partial charge in [0, 0.05) is 0 Å². The summed E-state index contributed by atoms with van der Waals surface area (Å²) in [5.41, 5.74) is 0. The minimum atomic E-state index is -1.67. The molecular formula is C69H133NO10. The van der Waals surface area contributed by atoms with Gasteiger partial charge in [-0.3, -0.25) is 4.79 Å². The van der Waals surface area contributed by atoms with Crippen molar-refractivity contribution >= 4 is 5.91 Å². The molecule has 9 atom stereocenters. The van der Waals surface area contributed by atoms with E-state index in [4.69, 9.17) is 9.47 Å². The van der Waals surface area contributed by atoms with Crippen molar-refractivity contribution in [1.29, 1.82) is 0 Å². The summed E-state index contributed by atoms with van der Waals surface area (Å²) in [6.07, 6.45) is 61.5. The highest BCUT2D eigenvalue weighted by Crippen LogP contribution is 2.24. The van der Waals surface area contributed by atoms with Crippen molar-refractivity contribution in [3.8, 4) is 0 Å². The highest BCUT2D eigenvalue weighted by Gasteiger charge is 2.44. The number of amides is 1. The van der Waals surface area contributed by atoms with E-state index in [9.17, 15) is 40.5 Å². The van der Waals surface area contributed by atoms with Gasteiger partial charge in [0.15, 0.2) is 6.29 Å². The molecule has 1 saturated heterocycles. The summed E-state index contributed by atoms with van der Waals surface area (Å²) in [6.45, 7) is 3.48. The van der Waals surface area contributed by atoms with Gasteiger partial charge in [-0.25, -0.2) is 0 Å². The van der Waals surface area contributed by atoms with E-state index in [1.165, 1.54) is 263 Å². The van der Waals surface area contributed by atoms with Crippen LogP contribution in [0.4, 0.5) is 0 Å². The molecule has 0 aromatic rings. The van der Waals surface area contributed by atoms with Gasteiger partial charge >= 0.3 is 0 Å². The van der Waals surface area contributed by atoms with Gasteiger partial charge < -0.3 is 50.5 Å². The molecule has 80 heavy (non-hydrogen) atoms. The zero-order chi connectivity index (χ0) is 58.2. The van der Waals surface area contributed by atoms with Crippen LogP contribution >= 0.6 is 0 Å². The van der Waals surface area contributed by atoms with E-state index >= 15 is 0 Å². The number of aliphatic hydroxyl groups is 7. The molecule has 1 aliphatic heterocycles. The fourth-order valence-electron chi connectivity index (χ4n) is 11.4. The van der Waals surface area contributed by atoms with E-state index in [0.29, 0.717) is 12.8 Å². The van der Waals surface area contributed by atoms with Crippen molar-refractivity contribution in [1.82, 2.24) is 5.32 Å². The summed E-state index contributed by atoms with van der Waals surface area (Å²) in [7, 11) is 0. The molecule has 11 nitrogen and oxygen atoms in total. The maximum Gasteiger partial charge on any atom is 0.249 e. The van der Waals surface area contributed by atoms with E-state index in [-0.39, 0.29) is 12.8 Å². The SMILES string of the molecule is CCCCCCCCCCCC/C=C/CCCC(O)C(O)C(COC1OC(CO)C(O)C(O)C1O)NC(=O)C(O)CCCCCCCCCCCCCCCCCC/C=C\CCCCCCCCCCCCCCCCCCCC. The Morgan fingerprint density at radius 1 is 0.425 bits per heavy atom. The molecule has 8 N–H and O–H groups in total. The molecule has 0 spiro atoms. The Balaban J connectivity index is 2.11. The van der Waals surface area contributed by atoms with E-state index in [1.54, 1.807) is 0 Å². The zero-order valence-corrected chi connectivity index (χ0v) is 52.3. The molecule has 0 aromatic heterocycles. The number of carbonyl (C=O) groups excluding carboxylic acids is 1. The van der Waals surface area contributed by atoms with Gasteiger partial charge in [-0.2, -0.15) is 0 Å². The monoisotopic (exact) mass is 1140 g/mol. The largest absolute Gasteiger partial charge is 0.394 e. The number of aliphatic hydroxyl groups excluding tert-OH is 7. The molecule has 474 valence electrons. The van der Waals surface area contributed by atoms with Crippen molar-refractivity contribution in [3.63, 3.8) is 0 Å². The Bertz CT molecular complexity index is 1350. The van der Waals surface area contributed by atoms with Crippen molar-refractivity contribution in [2.75, 3.05) is 13.2 Å². The third-order valence-corrected chi connectivity index (χ3v) is 17.0. The lowest BCUT2D eigenvalue weighted by molar-refractivity contribution is -0.303. The van der Waals surface area contributed by atoms with Crippen LogP contribution in [0.15, 0.2) is 24.3 Å². The Morgan fingerprint density at radius 3 is 1.07 bits per heavy atom. The van der Waals surface area contributed by atoms with Crippen molar-refractivity contribution in [2.45, 2.75) is 396 Å². The van der Waals surface area contributed by atoms with Gasteiger partial charge in [0.05, 0.1) is 25.4 Å². The predicted molar refractivity (Wildman–Crippen MR) is 335 cm³/mol. The van der Waals surface area contributed by atoms with E-state index in [0.717, 1.165) is 38.5 Å². The number of unbranched alkanes of at least 4 members (excludes halogenated alkanes) is 45. The second kappa shape index (κ2) is 58.0. The summed E-state index contributed by atoms with van der Waals surface area (Å²) in [5, 5.41) is 76.2. The van der Waals surface area contributed by atoms with Crippen molar-refractivity contribution in [2.24, 2.45) is 0 Å². The standard InChI is InChI=1S/C69H133NO10/c1-3-5-7-9-11-13-15-17-19-20-21-22-23-24-25-26-27-28-29-30-31-32-33-34-35-36-37-38-39-40-41-43-45-47-49-51-53-55-57-62(73)68(78)70-60(59-79-69-67(77)66(76)65(75)63(58-71)80-69)64(74)61(72)56-54-52-50-48-46-44-42-18-16-14-12-10-8-6-4-2/h30-31,48,50,60-67,69,71-77H,3-29,32-47,49,51-59H2,1-2H3,(H,70,78)/b31-30-,50-48+. The highest BCUT2D eigenvalue weighted by molar-refractivity contribution is 5.80. The lowest BCUT2D eigenvalue weighted by Crippen LogP contribution is -2.60. The van der Waals surface area contributed by atoms with Crippen LogP contribution in [0.5, 0.6) is 0 Å². The lowest BCUT2D eigenvalue weighted by atomic mass is 9.98. The second-order valence-electron chi connectivity index (χ2n) is 24.6. The lowest BCUT2D eigenvalue weighted by Gasteiger charge is -2.40. The first-order valence-electron chi connectivity index (χ1n) is 34.7. The molecule has 1 fully saturated rings. The number of hydrogen-bond acceptors (Lipinski definition) is 10. The Labute approximate surface area is 493 Å². The minimum Gasteiger partial charge on any atom is -0.394 e. The number of allylic oxidation sites excluding steroid dienone is 4. The maximum absolute atomic E-state index is 13.2. The van der Waals surface area contributed by atoms with Crippen LogP contribution in [0.1, 0.15) is 341 Å². The number of carbonyl (C=O) groups is 1. The van der Waals surface area contributed by atoms with Crippen LogP contribution in [0.2, 0.25) is 0 Å². The summed E-state index contributed by atoms with van der Waals surface area (Å²) < 4.78 is 11.2. The molecule has 0 saturated carbocycles. The summed E-state index contributed by atoms with van der Waals surface area (Å²) in [6, 6.07) is -1.18. The molecule has 0 bridgehead atoms. The predicted octanol–water partition coefficient (Wildman–Crippen LogP) is 16.4. The molecule has 1 aliphatic rings. The number of nitrogens with one attached hydrogen (secondary N) is 1. The van der Waals surface area contributed by atoms with Gasteiger partial charge in [0.2, 0.25) is 5.91 Å². The molecule has 1 amide bonds. The molecule has 11 heteroatoms. The van der Waals surface area contributed by atoms with Crippen molar-refractivity contribution in [3.05, 3.63) is 24.3 Å². The van der Waals surface area contributed by atoms with Gasteiger partial charge in [0.25, 0.3) is 0 Å². The van der Waals surface area contributed by atoms with E-state index in [1.807, 2.05) is 0 Å². The molecule has 0 aliphatic carbocycles. The minimum absolute atomic E-state index is 0.257. The molecule has 1 heterocycles. The Hall–Kier alpha value is -1.41. The fraction of sp³-hybridized carbons (Fsp3) is 0.928. The summed E-state index contributed by atoms with van der Waals surface area (Å²) in [5.74, 6) is -0.701. The normalized spacial score (nSPS) is 19.3. The second-order valence-corrected chi connectivity index (χ2v) is 24.6. The van der Waals surface area contributed by atoms with E-state index < -0.39 is 74.2 Å². The molecular weight excluding hydrogens is 1000 g/mol. The first-order valence-corrected chi connectivity index (χ1v) is 34.7. The molecule has 9 unspecified atom stereocenters. The third kappa shape index (κ3) is 45.0. The maximum atomic E-state index is 13.2. The summed E-state index contributed by atoms with van der Waals surface area (Å²) >= 11 is 0. The zero-order valence-electron chi connectivity index (χ0n) is 52.3. The van der Waals surface area contributed by atoms with Crippen LogP contribution in [-0.4, -0.2) is 110 Å². The number of rotatable bonds is 61. The first-order chi connectivity index (χ1) is 39.2. The quantitative estimate of drug-likeness (QED) is 0.0215. The molecule has 1 rings (SSSR count). The number of ether oxygens (including phenoxy) is 2.